The first-order chi connectivity index (χ1) is 15.9. The van der Waals surface area contributed by atoms with E-state index in [9.17, 15) is 55.2 Å². The van der Waals surface area contributed by atoms with Crippen LogP contribution < -0.4 is 0 Å². The Morgan fingerprint density at radius 2 is 1.15 bits per heavy atom. The van der Waals surface area contributed by atoms with E-state index in [1.165, 1.54) is 0 Å². The van der Waals surface area contributed by atoms with Crippen LogP contribution in [0.4, 0.5) is 0 Å². The summed E-state index contributed by atoms with van der Waals surface area (Å²) in [7, 11) is 0. The van der Waals surface area contributed by atoms with Gasteiger partial charge >= 0.3 is 17.9 Å². The van der Waals surface area contributed by atoms with E-state index in [-0.39, 0.29) is 5.57 Å². The third-order valence-electron chi connectivity index (χ3n) is 4.89. The van der Waals surface area contributed by atoms with Crippen LogP contribution in [0.3, 0.4) is 0 Å². The second-order valence-electron chi connectivity index (χ2n) is 7.23. The number of carboxylic acid groups (broad SMARTS) is 1. The number of ether oxygens (including phenoxy) is 2. The standard InChI is InChI=1S/C21H18O13/c22-10-1-8(2-11(23)16(10)26)20(31)33-14-5-7(19(29)30)6-15(18(14)28)34-21(32)9-3-12(24)17(27)13(25)4-9/h1-5,14-15,18,22-28H,6H2,(H,29,30)/t14-,15-,18-/m1/s1. The molecule has 0 aromatic heterocycles. The number of phenols is 6. The number of hydrogen-bond acceptors (Lipinski definition) is 12. The zero-order valence-corrected chi connectivity index (χ0v) is 16.9. The Labute approximate surface area is 189 Å². The molecule has 2 aromatic carbocycles. The number of aliphatic hydroxyl groups is 1. The highest BCUT2D eigenvalue weighted by molar-refractivity contribution is 5.93. The molecule has 34 heavy (non-hydrogen) atoms. The first-order valence-electron chi connectivity index (χ1n) is 9.43. The monoisotopic (exact) mass is 478 g/mol. The molecule has 1 aliphatic rings. The number of esters is 2. The van der Waals surface area contributed by atoms with Gasteiger partial charge in [0.2, 0.25) is 0 Å². The summed E-state index contributed by atoms with van der Waals surface area (Å²) in [5.41, 5.74) is -1.26. The van der Waals surface area contributed by atoms with Crippen molar-refractivity contribution in [1.29, 1.82) is 0 Å². The number of hydrogen-bond donors (Lipinski definition) is 8. The van der Waals surface area contributed by atoms with Crippen LogP contribution in [0.1, 0.15) is 27.1 Å². The average Bonchev–Trinajstić information content (AvgIpc) is 2.77. The fourth-order valence-corrected chi connectivity index (χ4v) is 3.13. The van der Waals surface area contributed by atoms with Crippen LogP contribution in [-0.4, -0.2) is 77.1 Å². The maximum atomic E-state index is 12.4. The van der Waals surface area contributed by atoms with Crippen molar-refractivity contribution >= 4 is 17.9 Å². The predicted molar refractivity (Wildman–Crippen MR) is 108 cm³/mol. The van der Waals surface area contributed by atoms with Gasteiger partial charge < -0.3 is 50.3 Å². The number of aliphatic carboxylic acids is 1. The molecule has 1 aliphatic carbocycles. The molecule has 0 bridgehead atoms. The SMILES string of the molecule is O=C(O)C1=C[C@@H](OC(=O)c2cc(O)c(O)c(O)c2)[C@@H](O)[C@H](OC(=O)c2cc(O)c(O)c(O)c2)C1. The number of carboxylic acids is 1. The van der Waals surface area contributed by atoms with Gasteiger partial charge in [0.15, 0.2) is 40.6 Å². The van der Waals surface area contributed by atoms with Crippen molar-refractivity contribution in [3.05, 3.63) is 47.0 Å². The summed E-state index contributed by atoms with van der Waals surface area (Å²) < 4.78 is 10.1. The topological polar surface area (TPSA) is 232 Å². The molecule has 0 saturated heterocycles. The molecule has 0 radical (unpaired) electrons. The highest BCUT2D eigenvalue weighted by atomic mass is 16.6. The van der Waals surface area contributed by atoms with Crippen LogP contribution in [0.25, 0.3) is 0 Å². The van der Waals surface area contributed by atoms with Gasteiger partial charge in [-0.2, -0.15) is 0 Å². The highest BCUT2D eigenvalue weighted by Crippen LogP contribution is 2.37. The maximum absolute atomic E-state index is 12.4. The van der Waals surface area contributed by atoms with E-state index in [2.05, 4.69) is 0 Å². The second-order valence-corrected chi connectivity index (χ2v) is 7.23. The van der Waals surface area contributed by atoms with Crippen LogP contribution in [0, 0.1) is 0 Å². The van der Waals surface area contributed by atoms with Gasteiger partial charge in [-0.3, -0.25) is 0 Å². The van der Waals surface area contributed by atoms with Crippen molar-refractivity contribution in [1.82, 2.24) is 0 Å². The molecule has 2 aromatic rings. The van der Waals surface area contributed by atoms with Gasteiger partial charge in [0.25, 0.3) is 0 Å². The van der Waals surface area contributed by atoms with Gasteiger partial charge in [0, 0.05) is 12.0 Å². The number of carbonyl (C=O) groups excluding carboxylic acids is 2. The van der Waals surface area contributed by atoms with Crippen LogP contribution in [-0.2, 0) is 14.3 Å². The molecule has 180 valence electrons. The van der Waals surface area contributed by atoms with E-state index in [1.54, 1.807) is 0 Å². The Morgan fingerprint density at radius 1 is 0.735 bits per heavy atom. The lowest BCUT2D eigenvalue weighted by atomic mass is 9.91. The molecule has 13 heteroatoms. The highest BCUT2D eigenvalue weighted by Gasteiger charge is 2.39. The van der Waals surface area contributed by atoms with Gasteiger partial charge in [-0.15, -0.1) is 0 Å². The second kappa shape index (κ2) is 9.07. The Bertz CT molecular complexity index is 1150. The molecule has 0 aliphatic heterocycles. The number of aliphatic hydroxyl groups excluding tert-OH is 1. The molecule has 0 heterocycles. The Balaban J connectivity index is 1.84. The van der Waals surface area contributed by atoms with E-state index in [0.717, 1.165) is 30.3 Å². The summed E-state index contributed by atoms with van der Waals surface area (Å²) in [6.45, 7) is 0. The molecule has 0 fully saturated rings. The van der Waals surface area contributed by atoms with Crippen molar-refractivity contribution in [2.75, 3.05) is 0 Å². The largest absolute Gasteiger partial charge is 0.504 e. The minimum absolute atomic E-state index is 0.381. The number of benzene rings is 2. The minimum atomic E-state index is -1.77. The lowest BCUT2D eigenvalue weighted by Crippen LogP contribution is -2.45. The van der Waals surface area contributed by atoms with Gasteiger partial charge in [-0.1, -0.05) is 0 Å². The Hall–Kier alpha value is -4.65. The van der Waals surface area contributed by atoms with Gasteiger partial charge in [0.1, 0.15) is 12.2 Å². The van der Waals surface area contributed by atoms with Gasteiger partial charge in [-0.05, 0) is 30.3 Å². The molecule has 0 amide bonds. The van der Waals surface area contributed by atoms with Crippen molar-refractivity contribution in [2.24, 2.45) is 0 Å². The van der Waals surface area contributed by atoms with E-state index >= 15 is 0 Å². The first kappa shape index (κ1) is 24.0. The Kier molecular flexibility index (Phi) is 6.40. The van der Waals surface area contributed by atoms with Crippen molar-refractivity contribution < 1.29 is 64.7 Å². The predicted octanol–water partition coefficient (Wildman–Crippen LogP) is 0.447. The molecule has 13 nitrogen and oxygen atoms in total. The van der Waals surface area contributed by atoms with Gasteiger partial charge in [0.05, 0.1) is 11.1 Å². The minimum Gasteiger partial charge on any atom is -0.504 e. The van der Waals surface area contributed by atoms with Crippen LogP contribution >= 0.6 is 0 Å². The van der Waals surface area contributed by atoms with E-state index in [0.29, 0.717) is 0 Å². The summed E-state index contributed by atoms with van der Waals surface area (Å²) in [4.78, 5) is 36.3. The van der Waals surface area contributed by atoms with Crippen molar-refractivity contribution in [3.8, 4) is 34.5 Å². The molecule has 3 rings (SSSR count). The fraction of sp³-hybridized carbons (Fsp3) is 0.190. The number of carbonyl (C=O) groups is 3. The Morgan fingerprint density at radius 3 is 1.56 bits per heavy atom. The molecule has 0 unspecified atom stereocenters. The smallest absolute Gasteiger partial charge is 0.339 e. The third-order valence-corrected chi connectivity index (χ3v) is 4.89. The summed E-state index contributed by atoms with van der Waals surface area (Å²) in [5, 5.41) is 76.8. The average molecular weight is 478 g/mol. The van der Waals surface area contributed by atoms with E-state index in [1.807, 2.05) is 0 Å². The zero-order valence-electron chi connectivity index (χ0n) is 16.9. The first-order valence-corrected chi connectivity index (χ1v) is 9.43. The molecule has 8 N–H and O–H groups in total. The third kappa shape index (κ3) is 4.73. The van der Waals surface area contributed by atoms with E-state index < -0.39 is 88.3 Å². The summed E-state index contributed by atoms with van der Waals surface area (Å²) >= 11 is 0. The molecule has 0 saturated carbocycles. The number of aromatic hydroxyl groups is 6. The zero-order chi connectivity index (χ0) is 25.3. The molecule has 3 atom stereocenters. The molecular weight excluding hydrogens is 460 g/mol. The lowest BCUT2D eigenvalue weighted by Gasteiger charge is -2.32. The van der Waals surface area contributed by atoms with Crippen molar-refractivity contribution in [3.63, 3.8) is 0 Å². The maximum Gasteiger partial charge on any atom is 0.339 e. The summed E-state index contributed by atoms with van der Waals surface area (Å²) in [5.74, 6) is -9.03. The van der Waals surface area contributed by atoms with Crippen LogP contribution in [0.15, 0.2) is 35.9 Å². The lowest BCUT2D eigenvalue weighted by molar-refractivity contribution is -0.134. The quantitative estimate of drug-likeness (QED) is 0.216. The summed E-state index contributed by atoms with van der Waals surface area (Å²) in [6.07, 6.45) is -4.55. The van der Waals surface area contributed by atoms with Gasteiger partial charge in [-0.25, -0.2) is 14.4 Å². The van der Waals surface area contributed by atoms with Crippen molar-refractivity contribution in [2.45, 2.75) is 24.7 Å². The van der Waals surface area contributed by atoms with E-state index in [4.69, 9.17) is 9.47 Å². The fourth-order valence-electron chi connectivity index (χ4n) is 3.13. The van der Waals surface area contributed by atoms with Crippen LogP contribution in [0.2, 0.25) is 0 Å². The normalized spacial score (nSPS) is 19.7. The number of rotatable bonds is 5. The molecular formula is C21H18O13. The summed E-state index contributed by atoms with van der Waals surface area (Å²) in [6, 6.07) is 3.05. The van der Waals surface area contributed by atoms with Crippen LogP contribution in [0.5, 0.6) is 34.5 Å². The number of phenolic OH excluding ortho intramolecular Hbond substituents is 6. The molecule has 0 spiro atoms.